The van der Waals surface area contributed by atoms with Crippen molar-refractivity contribution in [2.24, 2.45) is 0 Å². The van der Waals surface area contributed by atoms with E-state index in [0.717, 1.165) is 22.6 Å². The minimum Gasteiger partial charge on any atom is -0.493 e. The van der Waals surface area contributed by atoms with E-state index in [1.54, 1.807) is 6.08 Å². The Morgan fingerprint density at radius 3 is 2.09 bits per heavy atom. The van der Waals surface area contributed by atoms with Crippen LogP contribution in [0.3, 0.4) is 0 Å². The molecule has 1 rings (SSSR count). The predicted molar refractivity (Wildman–Crippen MR) is 97.1 cm³/mol. The van der Waals surface area contributed by atoms with Gasteiger partial charge in [-0.25, -0.2) is 0 Å². The molecule has 130 valence electrons. The highest BCUT2D eigenvalue weighted by atomic mass is 35.5. The minimum absolute atomic E-state index is 0.126. The lowest BCUT2D eigenvalue weighted by Crippen LogP contribution is -2.08. The van der Waals surface area contributed by atoms with E-state index in [0.29, 0.717) is 31.5 Å². The SMILES string of the molecule is CC(C)c1cc(OCC=C(Cl)Cl)cc(C(C)C)c1OCCCO. The number of ether oxygens (including phenoxy) is 2. The molecule has 0 radical (unpaired) electrons. The van der Waals surface area contributed by atoms with E-state index in [2.05, 4.69) is 27.7 Å². The summed E-state index contributed by atoms with van der Waals surface area (Å²) in [5, 5.41) is 8.96. The molecule has 0 fully saturated rings. The molecule has 0 spiro atoms. The van der Waals surface area contributed by atoms with Crippen molar-refractivity contribution in [2.45, 2.75) is 46.0 Å². The molecule has 0 heterocycles. The van der Waals surface area contributed by atoms with Crippen molar-refractivity contribution in [3.05, 3.63) is 33.8 Å². The maximum Gasteiger partial charge on any atom is 0.126 e. The molecule has 0 aliphatic carbocycles. The fourth-order valence-electron chi connectivity index (χ4n) is 2.19. The van der Waals surface area contributed by atoms with E-state index < -0.39 is 0 Å². The highest BCUT2D eigenvalue weighted by molar-refractivity contribution is 6.55. The van der Waals surface area contributed by atoms with Crippen LogP contribution in [-0.4, -0.2) is 24.9 Å². The highest BCUT2D eigenvalue weighted by Crippen LogP contribution is 2.38. The summed E-state index contributed by atoms with van der Waals surface area (Å²) in [5.41, 5.74) is 2.20. The zero-order valence-corrected chi connectivity index (χ0v) is 15.7. The van der Waals surface area contributed by atoms with Crippen LogP contribution in [0.1, 0.15) is 57.1 Å². The molecule has 3 nitrogen and oxygen atoms in total. The van der Waals surface area contributed by atoms with Crippen molar-refractivity contribution in [3.63, 3.8) is 0 Å². The molecule has 0 saturated carbocycles. The molecule has 0 aliphatic heterocycles. The third kappa shape index (κ3) is 6.62. The molecule has 0 aromatic heterocycles. The van der Waals surface area contributed by atoms with Crippen molar-refractivity contribution in [3.8, 4) is 11.5 Å². The second kappa shape index (κ2) is 10.1. The standard InChI is InChI=1S/C18H26Cl2O3/c1-12(2)15-10-14(22-9-6-17(19)20)11-16(13(3)4)18(15)23-8-5-7-21/h6,10-13,21H,5,7-9H2,1-4H3. The van der Waals surface area contributed by atoms with Crippen LogP contribution in [0.15, 0.2) is 22.7 Å². The number of rotatable bonds is 9. The van der Waals surface area contributed by atoms with Gasteiger partial charge in [0, 0.05) is 24.2 Å². The second-order valence-electron chi connectivity index (χ2n) is 5.97. The van der Waals surface area contributed by atoms with Gasteiger partial charge in [0.1, 0.15) is 22.6 Å². The molecule has 0 atom stereocenters. The number of aliphatic hydroxyl groups is 1. The van der Waals surface area contributed by atoms with E-state index in [-0.39, 0.29) is 11.1 Å². The number of hydrogen-bond acceptors (Lipinski definition) is 3. The molecule has 5 heteroatoms. The van der Waals surface area contributed by atoms with Crippen molar-refractivity contribution in [2.75, 3.05) is 19.8 Å². The fraction of sp³-hybridized carbons (Fsp3) is 0.556. The molecule has 1 aromatic carbocycles. The lowest BCUT2D eigenvalue weighted by Gasteiger charge is -2.21. The van der Waals surface area contributed by atoms with Crippen LogP contribution < -0.4 is 9.47 Å². The first kappa shape index (κ1) is 20.1. The van der Waals surface area contributed by atoms with Gasteiger partial charge in [-0.1, -0.05) is 50.9 Å². The maximum atomic E-state index is 8.96. The van der Waals surface area contributed by atoms with Crippen LogP contribution in [0.4, 0.5) is 0 Å². The largest absolute Gasteiger partial charge is 0.493 e. The molecule has 1 aromatic rings. The van der Waals surface area contributed by atoms with Crippen molar-refractivity contribution in [1.29, 1.82) is 0 Å². The zero-order valence-electron chi connectivity index (χ0n) is 14.2. The molecular weight excluding hydrogens is 335 g/mol. The number of halogens is 2. The van der Waals surface area contributed by atoms with Gasteiger partial charge in [0.05, 0.1) is 6.61 Å². The lowest BCUT2D eigenvalue weighted by atomic mass is 9.93. The maximum absolute atomic E-state index is 8.96. The van der Waals surface area contributed by atoms with Gasteiger partial charge in [-0.15, -0.1) is 0 Å². The van der Waals surface area contributed by atoms with Gasteiger partial charge < -0.3 is 14.6 Å². The first-order valence-corrected chi connectivity index (χ1v) is 8.67. The first-order chi connectivity index (χ1) is 10.9. The van der Waals surface area contributed by atoms with Crippen LogP contribution in [0.2, 0.25) is 0 Å². The summed E-state index contributed by atoms with van der Waals surface area (Å²) < 4.78 is 11.9. The van der Waals surface area contributed by atoms with Gasteiger partial charge in [0.25, 0.3) is 0 Å². The van der Waals surface area contributed by atoms with Crippen molar-refractivity contribution < 1.29 is 14.6 Å². The minimum atomic E-state index is 0.126. The highest BCUT2D eigenvalue weighted by Gasteiger charge is 2.18. The Labute approximate surface area is 149 Å². The fourth-order valence-corrected chi connectivity index (χ4v) is 2.32. The van der Waals surface area contributed by atoms with Crippen LogP contribution >= 0.6 is 23.2 Å². The third-order valence-corrected chi connectivity index (χ3v) is 3.71. The molecule has 0 bridgehead atoms. The predicted octanol–water partition coefficient (Wildman–Crippen LogP) is 5.39. The Morgan fingerprint density at radius 1 is 1.09 bits per heavy atom. The topological polar surface area (TPSA) is 38.7 Å². The first-order valence-electron chi connectivity index (χ1n) is 7.92. The molecule has 23 heavy (non-hydrogen) atoms. The van der Waals surface area contributed by atoms with E-state index in [1.807, 2.05) is 12.1 Å². The quantitative estimate of drug-likeness (QED) is 0.599. The average Bonchev–Trinajstić information content (AvgIpc) is 2.47. The van der Waals surface area contributed by atoms with Crippen LogP contribution in [0.25, 0.3) is 0 Å². The van der Waals surface area contributed by atoms with Gasteiger partial charge in [-0.3, -0.25) is 0 Å². The molecule has 0 aliphatic rings. The normalized spacial score (nSPS) is 11.0. The van der Waals surface area contributed by atoms with E-state index >= 15 is 0 Å². The number of aliphatic hydroxyl groups excluding tert-OH is 1. The average molecular weight is 361 g/mol. The van der Waals surface area contributed by atoms with Crippen LogP contribution in [0, 0.1) is 0 Å². The van der Waals surface area contributed by atoms with E-state index in [9.17, 15) is 0 Å². The Balaban J connectivity index is 3.14. The molecule has 0 saturated heterocycles. The second-order valence-corrected chi connectivity index (χ2v) is 6.98. The van der Waals surface area contributed by atoms with Gasteiger partial charge >= 0.3 is 0 Å². The summed E-state index contributed by atoms with van der Waals surface area (Å²) >= 11 is 11.2. The van der Waals surface area contributed by atoms with Gasteiger partial charge in [-0.2, -0.15) is 0 Å². The number of hydrogen-bond donors (Lipinski definition) is 1. The van der Waals surface area contributed by atoms with Crippen molar-refractivity contribution >= 4 is 23.2 Å². The number of benzene rings is 1. The zero-order chi connectivity index (χ0) is 17.4. The van der Waals surface area contributed by atoms with Gasteiger partial charge in [-0.05, 0) is 30.0 Å². The Bertz CT molecular complexity index is 492. The van der Waals surface area contributed by atoms with Gasteiger partial charge in [0.2, 0.25) is 0 Å². The molecule has 1 N–H and O–H groups in total. The van der Waals surface area contributed by atoms with Crippen LogP contribution in [-0.2, 0) is 0 Å². The van der Waals surface area contributed by atoms with Crippen molar-refractivity contribution in [1.82, 2.24) is 0 Å². The van der Waals surface area contributed by atoms with E-state index in [1.165, 1.54) is 0 Å². The summed E-state index contributed by atoms with van der Waals surface area (Å²) in [7, 11) is 0. The van der Waals surface area contributed by atoms with Gasteiger partial charge in [0.15, 0.2) is 0 Å². The lowest BCUT2D eigenvalue weighted by molar-refractivity contribution is 0.230. The smallest absolute Gasteiger partial charge is 0.126 e. The monoisotopic (exact) mass is 360 g/mol. The summed E-state index contributed by atoms with van der Waals surface area (Å²) in [6.45, 7) is 9.44. The Kier molecular flexibility index (Phi) is 8.82. The summed E-state index contributed by atoms with van der Waals surface area (Å²) in [6, 6.07) is 4.00. The molecule has 0 unspecified atom stereocenters. The Morgan fingerprint density at radius 2 is 1.65 bits per heavy atom. The Hall–Kier alpha value is -0.900. The molecule has 0 amide bonds. The van der Waals surface area contributed by atoms with E-state index in [4.69, 9.17) is 37.8 Å². The van der Waals surface area contributed by atoms with Crippen LogP contribution in [0.5, 0.6) is 11.5 Å². The summed E-state index contributed by atoms with van der Waals surface area (Å²) in [5.74, 6) is 2.28. The third-order valence-electron chi connectivity index (χ3n) is 3.40. The summed E-state index contributed by atoms with van der Waals surface area (Å²) in [6.07, 6.45) is 2.23. The summed E-state index contributed by atoms with van der Waals surface area (Å²) in [4.78, 5) is 0. The molecular formula is C18H26Cl2O3.